The van der Waals surface area contributed by atoms with Gasteiger partial charge in [0.1, 0.15) is 0 Å². The van der Waals surface area contributed by atoms with Crippen molar-refractivity contribution in [2.45, 2.75) is 18.8 Å². The van der Waals surface area contributed by atoms with Crippen LogP contribution in [0, 0.1) is 0 Å². The average molecular weight is 184 g/mol. The summed E-state index contributed by atoms with van der Waals surface area (Å²) in [5.74, 6) is 0. The monoisotopic (exact) mass is 184 g/mol. The van der Waals surface area contributed by atoms with E-state index in [1.807, 2.05) is 4.74 Å². The number of rotatable bonds is 3. The molecule has 1 N–H and O–H groups in total. The molecule has 0 saturated carbocycles. The molecule has 8 heteroatoms. The van der Waals surface area contributed by atoms with Gasteiger partial charge in [-0.2, -0.15) is 8.78 Å². The Balaban J connectivity index is 4.13. The third kappa shape index (κ3) is 4.04. The molecule has 0 rings (SSSR count). The summed E-state index contributed by atoms with van der Waals surface area (Å²) in [4.78, 5) is 0. The summed E-state index contributed by atoms with van der Waals surface area (Å²) in [6.07, 6.45) is -15.0. The van der Waals surface area contributed by atoms with E-state index in [1.54, 1.807) is 0 Å². The van der Waals surface area contributed by atoms with Crippen molar-refractivity contribution in [3.63, 3.8) is 0 Å². The van der Waals surface area contributed by atoms with Crippen molar-refractivity contribution < 1.29 is 36.2 Å². The Labute approximate surface area is 56.4 Å². The smallest absolute Gasteiger partial charge is 0.311 e. The molecule has 0 aliphatic carbocycles. The van der Waals surface area contributed by atoms with Gasteiger partial charge in [0, 0.05) is 0 Å². The largest absolute Gasteiger partial charge is 0.487 e. The fourth-order valence-corrected chi connectivity index (χ4v) is 0.208. The van der Waals surface area contributed by atoms with Crippen LogP contribution in [-0.4, -0.2) is 23.9 Å². The highest BCUT2D eigenvalue weighted by Crippen LogP contribution is 2.29. The van der Waals surface area contributed by atoms with E-state index >= 15 is 0 Å². The maximum atomic E-state index is 11.4. The number of alkyl halides is 6. The fourth-order valence-electron chi connectivity index (χ4n) is 0.208. The van der Waals surface area contributed by atoms with E-state index in [4.69, 9.17) is 5.11 Å². The van der Waals surface area contributed by atoms with Gasteiger partial charge >= 0.3 is 18.8 Å². The fraction of sp³-hybridized carbons (Fsp3) is 1.00. The minimum absolute atomic E-state index is 2.03. The lowest BCUT2D eigenvalue weighted by Gasteiger charge is -2.17. The first-order valence-corrected chi connectivity index (χ1v) is 2.11. The van der Waals surface area contributed by atoms with E-state index in [0.717, 1.165) is 0 Å². The Morgan fingerprint density at radius 2 is 1.45 bits per heavy atom. The van der Waals surface area contributed by atoms with E-state index in [0.29, 0.717) is 0 Å². The van der Waals surface area contributed by atoms with Gasteiger partial charge in [-0.05, 0) is 0 Å². The molecular formula is C3H2F6O2. The maximum Gasteiger partial charge on any atom is 0.487 e. The molecule has 0 spiro atoms. The Morgan fingerprint density at radius 3 is 1.55 bits per heavy atom. The van der Waals surface area contributed by atoms with Gasteiger partial charge in [-0.25, -0.2) is 13.5 Å². The molecule has 0 aromatic rings. The third-order valence-electron chi connectivity index (χ3n) is 0.513. The summed E-state index contributed by atoms with van der Waals surface area (Å²) in [5, 5.41) is 7.23. The van der Waals surface area contributed by atoms with Crippen LogP contribution in [-0.2, 0) is 4.74 Å². The zero-order chi connectivity index (χ0) is 9.28. The summed E-state index contributed by atoms with van der Waals surface area (Å²) in [5.41, 5.74) is 0. The zero-order valence-electron chi connectivity index (χ0n) is 4.70. The van der Waals surface area contributed by atoms with Crippen LogP contribution in [0.1, 0.15) is 0 Å². The number of hydrogen-bond acceptors (Lipinski definition) is 2. The molecule has 0 aromatic heterocycles. The lowest BCUT2D eigenvalue weighted by atomic mass is 10.6. The van der Waals surface area contributed by atoms with Crippen LogP contribution >= 0.6 is 0 Å². The van der Waals surface area contributed by atoms with Crippen molar-refractivity contribution in [1.29, 1.82) is 0 Å². The van der Waals surface area contributed by atoms with Gasteiger partial charge < -0.3 is 5.11 Å². The quantitative estimate of drug-likeness (QED) is 0.530. The molecule has 0 radical (unpaired) electrons. The Kier molecular flexibility index (Phi) is 2.73. The standard InChI is InChI=1S/C3H2F6O2/c4-1(5)2(6,7)11-3(8,9)10/h1,10H. The molecule has 68 valence electrons. The molecule has 0 heterocycles. The normalized spacial score (nSPS) is 14.2. The SMILES string of the molecule is OC(F)(F)OC(F)(F)C(F)F. The summed E-state index contributed by atoms with van der Waals surface area (Å²) in [7, 11) is 0. The minimum atomic E-state index is -5.35. The van der Waals surface area contributed by atoms with Gasteiger partial charge in [0.25, 0.3) is 0 Å². The van der Waals surface area contributed by atoms with Crippen molar-refractivity contribution in [3.8, 4) is 0 Å². The summed E-state index contributed by atoms with van der Waals surface area (Å²) >= 11 is 0. The van der Waals surface area contributed by atoms with Crippen molar-refractivity contribution in [2.24, 2.45) is 0 Å². The molecule has 0 aliphatic heterocycles. The van der Waals surface area contributed by atoms with Crippen LogP contribution in [0.3, 0.4) is 0 Å². The predicted molar refractivity (Wildman–Crippen MR) is 19.2 cm³/mol. The molecule has 0 atom stereocenters. The van der Waals surface area contributed by atoms with Crippen molar-refractivity contribution >= 4 is 0 Å². The van der Waals surface area contributed by atoms with E-state index < -0.39 is 18.8 Å². The first-order valence-electron chi connectivity index (χ1n) is 2.11. The van der Waals surface area contributed by atoms with Crippen LogP contribution in [0.4, 0.5) is 26.3 Å². The molecule has 0 aliphatic rings. The number of halogens is 6. The number of hydrogen-bond donors (Lipinski definition) is 1. The second-order valence-corrected chi connectivity index (χ2v) is 1.45. The second kappa shape index (κ2) is 2.86. The van der Waals surface area contributed by atoms with Crippen LogP contribution in [0.15, 0.2) is 0 Å². The van der Waals surface area contributed by atoms with Gasteiger partial charge in [-0.1, -0.05) is 0 Å². The Hall–Kier alpha value is -0.500. The molecule has 0 amide bonds. The van der Waals surface area contributed by atoms with E-state index in [9.17, 15) is 26.3 Å². The average Bonchev–Trinajstić information content (AvgIpc) is 1.56. The Bertz CT molecular complexity index is 128. The minimum Gasteiger partial charge on any atom is -0.311 e. The first kappa shape index (κ1) is 10.5. The van der Waals surface area contributed by atoms with Gasteiger partial charge in [0.2, 0.25) is 0 Å². The zero-order valence-corrected chi connectivity index (χ0v) is 4.70. The highest BCUT2D eigenvalue weighted by Gasteiger charge is 2.50. The van der Waals surface area contributed by atoms with Crippen molar-refractivity contribution in [3.05, 3.63) is 0 Å². The highest BCUT2D eigenvalue weighted by atomic mass is 19.3. The molecule has 0 aromatic carbocycles. The summed E-state index contributed by atoms with van der Waals surface area (Å²) in [6, 6.07) is 0. The maximum absolute atomic E-state index is 11.4. The Morgan fingerprint density at radius 1 is 1.09 bits per heavy atom. The molecule has 0 unspecified atom stereocenters. The van der Waals surface area contributed by atoms with Crippen molar-refractivity contribution in [1.82, 2.24) is 0 Å². The molecule has 0 saturated heterocycles. The summed E-state index contributed by atoms with van der Waals surface area (Å²) in [6.45, 7) is 0. The molecule has 2 nitrogen and oxygen atoms in total. The number of ether oxygens (including phenoxy) is 1. The van der Waals surface area contributed by atoms with Crippen LogP contribution in [0.5, 0.6) is 0 Å². The molecular weight excluding hydrogens is 182 g/mol. The van der Waals surface area contributed by atoms with Gasteiger partial charge in [0.15, 0.2) is 0 Å². The van der Waals surface area contributed by atoms with E-state index in [2.05, 4.69) is 0 Å². The van der Waals surface area contributed by atoms with Crippen LogP contribution < -0.4 is 0 Å². The summed E-state index contributed by atoms with van der Waals surface area (Å²) < 4.78 is 69.1. The number of aliphatic hydroxyl groups is 1. The first-order chi connectivity index (χ1) is 4.65. The van der Waals surface area contributed by atoms with E-state index in [-0.39, 0.29) is 0 Å². The van der Waals surface area contributed by atoms with Crippen LogP contribution in [0.25, 0.3) is 0 Å². The van der Waals surface area contributed by atoms with E-state index in [1.165, 1.54) is 0 Å². The lowest BCUT2D eigenvalue weighted by molar-refractivity contribution is -0.471. The van der Waals surface area contributed by atoms with Crippen LogP contribution in [0.2, 0.25) is 0 Å². The topological polar surface area (TPSA) is 29.5 Å². The van der Waals surface area contributed by atoms with Gasteiger partial charge in [0.05, 0.1) is 0 Å². The molecule has 11 heavy (non-hydrogen) atoms. The van der Waals surface area contributed by atoms with Gasteiger partial charge in [-0.3, -0.25) is 0 Å². The lowest BCUT2D eigenvalue weighted by Crippen LogP contribution is -2.38. The van der Waals surface area contributed by atoms with Crippen molar-refractivity contribution in [2.75, 3.05) is 0 Å². The molecule has 0 fully saturated rings. The molecule has 0 bridgehead atoms. The highest BCUT2D eigenvalue weighted by molar-refractivity contribution is 4.55. The second-order valence-electron chi connectivity index (χ2n) is 1.45. The third-order valence-corrected chi connectivity index (χ3v) is 0.513. The predicted octanol–water partition coefficient (Wildman–Crippen LogP) is 1.40. The van der Waals surface area contributed by atoms with Gasteiger partial charge in [-0.15, -0.1) is 8.78 Å².